The minimum absolute atomic E-state index is 0.114. The Hall–Kier alpha value is -3.94. The molecule has 1 N–H and O–H groups in total. The summed E-state index contributed by atoms with van der Waals surface area (Å²) in [6.45, 7) is 0. The van der Waals surface area contributed by atoms with Gasteiger partial charge in [-0.15, -0.1) is 22.7 Å². The first-order valence-corrected chi connectivity index (χ1v) is 17.1. The number of carbonyl (C=O) groups excluding carboxylic acids is 2. The third kappa shape index (κ3) is 4.48. The van der Waals surface area contributed by atoms with E-state index in [2.05, 4.69) is 9.97 Å². The molecule has 2 amide bonds. The zero-order chi connectivity index (χ0) is 30.1. The van der Waals surface area contributed by atoms with Gasteiger partial charge in [0, 0.05) is 16.5 Å². The molecule has 10 nitrogen and oxygen atoms in total. The Balaban J connectivity index is 1.09. The number of amides is 2. The predicted molar refractivity (Wildman–Crippen MR) is 171 cm³/mol. The van der Waals surface area contributed by atoms with Crippen LogP contribution in [0.1, 0.15) is 49.0 Å². The summed E-state index contributed by atoms with van der Waals surface area (Å²) in [6.07, 6.45) is 7.42. The molecule has 3 aromatic heterocycles. The maximum Gasteiger partial charge on any atom is 0.284 e. The van der Waals surface area contributed by atoms with Crippen molar-refractivity contribution >= 4 is 78.1 Å². The van der Waals surface area contributed by atoms with Gasteiger partial charge in [0.05, 0.1) is 42.9 Å². The summed E-state index contributed by atoms with van der Waals surface area (Å²) in [5.41, 5.74) is 2.45. The highest BCUT2D eigenvalue weighted by Crippen LogP contribution is 2.43. The van der Waals surface area contributed by atoms with Crippen LogP contribution in [-0.2, 0) is 22.4 Å². The van der Waals surface area contributed by atoms with Gasteiger partial charge in [-0.3, -0.25) is 29.4 Å². The van der Waals surface area contributed by atoms with E-state index >= 15 is 0 Å². The summed E-state index contributed by atoms with van der Waals surface area (Å²) in [6, 6.07) is 10.2. The molecule has 222 valence electrons. The summed E-state index contributed by atoms with van der Waals surface area (Å²) in [4.78, 5) is 66.8. The molecule has 0 radical (unpaired) electrons. The van der Waals surface area contributed by atoms with Crippen LogP contribution in [0.15, 0.2) is 50.4 Å². The quantitative estimate of drug-likeness (QED) is 0.124. The molecule has 8 rings (SSSR count). The molecule has 3 aliphatic rings. The second-order valence-electron chi connectivity index (χ2n) is 11.5. The monoisotopic (exact) mass is 643 g/mol. The van der Waals surface area contributed by atoms with E-state index in [0.29, 0.717) is 42.0 Å². The first-order chi connectivity index (χ1) is 21.4. The number of nitrogens with zero attached hydrogens (tertiary/aromatic N) is 4. The Bertz CT molecular complexity index is 2080. The SMILES string of the molecule is O=C1[C@H]2CCCC[C@H]2C(=O)N1c1ccc2nc(Sc3ccc(-c4nc5sc6c(c5c(=O)[nH]4)CCCC6)cc3[N+](=O)[O-])sc2c1. The number of thiazole rings is 1. The highest BCUT2D eigenvalue weighted by atomic mass is 32.2. The molecule has 1 saturated heterocycles. The highest BCUT2D eigenvalue weighted by Gasteiger charge is 2.48. The molecule has 2 fully saturated rings. The van der Waals surface area contributed by atoms with Gasteiger partial charge in [0.1, 0.15) is 10.7 Å². The number of aromatic amines is 1. The minimum atomic E-state index is -0.443. The Kier molecular flexibility index (Phi) is 6.65. The molecule has 44 heavy (non-hydrogen) atoms. The number of H-pyrrole nitrogens is 1. The van der Waals surface area contributed by atoms with Crippen LogP contribution in [0.5, 0.6) is 0 Å². The van der Waals surface area contributed by atoms with Crippen molar-refractivity contribution in [2.75, 3.05) is 4.90 Å². The molecule has 2 atom stereocenters. The summed E-state index contributed by atoms with van der Waals surface area (Å²) < 4.78 is 1.38. The second kappa shape index (κ2) is 10.6. The van der Waals surface area contributed by atoms with Gasteiger partial charge in [0.25, 0.3) is 11.2 Å². The lowest BCUT2D eigenvalue weighted by Crippen LogP contribution is -2.30. The third-order valence-electron chi connectivity index (χ3n) is 8.90. The Labute approximate surface area is 262 Å². The van der Waals surface area contributed by atoms with Crippen LogP contribution in [0.4, 0.5) is 11.4 Å². The molecule has 1 saturated carbocycles. The van der Waals surface area contributed by atoms with Crippen LogP contribution >= 0.6 is 34.4 Å². The largest absolute Gasteiger partial charge is 0.306 e. The smallest absolute Gasteiger partial charge is 0.284 e. The number of anilines is 1. The highest BCUT2D eigenvalue weighted by molar-refractivity contribution is 8.01. The van der Waals surface area contributed by atoms with E-state index in [4.69, 9.17) is 4.98 Å². The fourth-order valence-corrected chi connectivity index (χ4v) is 10.2. The number of rotatable bonds is 5. The van der Waals surface area contributed by atoms with Gasteiger partial charge in [-0.1, -0.05) is 24.6 Å². The maximum atomic E-state index is 13.1. The summed E-state index contributed by atoms with van der Waals surface area (Å²) in [7, 11) is 0. The summed E-state index contributed by atoms with van der Waals surface area (Å²) >= 11 is 4.07. The zero-order valence-electron chi connectivity index (χ0n) is 23.3. The van der Waals surface area contributed by atoms with E-state index in [1.54, 1.807) is 24.3 Å². The van der Waals surface area contributed by atoms with Crippen molar-refractivity contribution in [1.29, 1.82) is 0 Å². The number of aromatic nitrogens is 3. The lowest BCUT2D eigenvalue weighted by atomic mass is 9.81. The number of hydrogen-bond donors (Lipinski definition) is 1. The molecule has 4 heterocycles. The number of nitrogens with one attached hydrogen (secondary N) is 1. The van der Waals surface area contributed by atoms with Crippen LogP contribution in [0.3, 0.4) is 0 Å². The molecule has 0 spiro atoms. The molecule has 2 aromatic carbocycles. The molecular weight excluding hydrogens is 619 g/mol. The minimum Gasteiger partial charge on any atom is -0.306 e. The molecule has 0 unspecified atom stereocenters. The zero-order valence-corrected chi connectivity index (χ0v) is 25.8. The van der Waals surface area contributed by atoms with Crippen molar-refractivity contribution in [1.82, 2.24) is 15.0 Å². The van der Waals surface area contributed by atoms with E-state index in [1.807, 2.05) is 6.07 Å². The standard InChI is InChI=1S/C31H25N5O5S3/c37-27-25-19-7-3-4-8-22(19)42-28(25)34-26(33-27)15-9-12-23(21(13-15)36(40)41)43-31-32-20-11-10-16(14-24(20)44-31)35-29(38)17-5-1-2-6-18(17)30(35)39/h9-14,17-18H,1-8H2,(H,33,34,37)/t17-,18+. The number of nitro groups is 1. The van der Waals surface area contributed by atoms with Crippen molar-refractivity contribution < 1.29 is 14.5 Å². The topological polar surface area (TPSA) is 139 Å². The Morgan fingerprint density at radius 2 is 1.70 bits per heavy atom. The van der Waals surface area contributed by atoms with E-state index < -0.39 is 4.92 Å². The molecule has 2 aliphatic carbocycles. The number of thiophene rings is 1. The molecule has 13 heteroatoms. The fraction of sp³-hybridized carbons (Fsp3) is 0.323. The van der Waals surface area contributed by atoms with Crippen LogP contribution < -0.4 is 10.5 Å². The van der Waals surface area contributed by atoms with Crippen molar-refractivity contribution in [3.05, 3.63) is 67.3 Å². The van der Waals surface area contributed by atoms with Crippen LogP contribution in [0, 0.1) is 22.0 Å². The lowest BCUT2D eigenvalue weighted by Gasteiger charge is -2.19. The van der Waals surface area contributed by atoms with E-state index in [-0.39, 0.29) is 34.9 Å². The number of aryl methyl sites for hydroxylation is 2. The van der Waals surface area contributed by atoms with Crippen molar-refractivity contribution in [2.24, 2.45) is 11.8 Å². The van der Waals surface area contributed by atoms with Gasteiger partial charge in [-0.05, 0) is 74.4 Å². The van der Waals surface area contributed by atoms with Gasteiger partial charge in [-0.2, -0.15) is 0 Å². The van der Waals surface area contributed by atoms with E-state index in [1.165, 1.54) is 50.3 Å². The summed E-state index contributed by atoms with van der Waals surface area (Å²) in [5, 5.41) is 12.8. The van der Waals surface area contributed by atoms with Crippen molar-refractivity contribution in [3.8, 4) is 11.4 Å². The Morgan fingerprint density at radius 1 is 0.932 bits per heavy atom. The average Bonchev–Trinajstić information content (AvgIpc) is 3.68. The molecular formula is C31H25N5O5S3. The number of imide groups is 1. The molecule has 1 aliphatic heterocycles. The van der Waals surface area contributed by atoms with Gasteiger partial charge in [0.2, 0.25) is 11.8 Å². The normalized spacial score (nSPS) is 20.0. The Morgan fingerprint density at radius 3 is 2.48 bits per heavy atom. The lowest BCUT2D eigenvalue weighted by molar-refractivity contribution is -0.387. The summed E-state index contributed by atoms with van der Waals surface area (Å²) in [5.74, 6) is -0.397. The fourth-order valence-electron chi connectivity index (χ4n) is 6.78. The van der Waals surface area contributed by atoms with Gasteiger partial charge < -0.3 is 4.98 Å². The molecule has 5 aromatic rings. The van der Waals surface area contributed by atoms with E-state index in [9.17, 15) is 24.5 Å². The number of carbonyl (C=O) groups is 2. The van der Waals surface area contributed by atoms with Crippen molar-refractivity contribution in [3.63, 3.8) is 0 Å². The third-order valence-corrected chi connectivity index (χ3v) is 12.2. The number of benzene rings is 2. The first-order valence-electron chi connectivity index (χ1n) is 14.7. The van der Waals surface area contributed by atoms with Crippen molar-refractivity contribution in [2.45, 2.75) is 60.6 Å². The van der Waals surface area contributed by atoms with Gasteiger partial charge in [0.15, 0.2) is 4.34 Å². The second-order valence-corrected chi connectivity index (χ2v) is 14.9. The average molecular weight is 644 g/mol. The van der Waals surface area contributed by atoms with E-state index in [0.717, 1.165) is 61.6 Å². The number of nitro benzene ring substituents is 1. The number of fused-ring (bicyclic) bond motifs is 5. The molecule has 0 bridgehead atoms. The van der Waals surface area contributed by atoms with Crippen LogP contribution in [0.25, 0.3) is 31.8 Å². The number of hydrogen-bond acceptors (Lipinski definition) is 10. The van der Waals surface area contributed by atoms with Gasteiger partial charge >= 0.3 is 0 Å². The van der Waals surface area contributed by atoms with Crippen LogP contribution in [-0.4, -0.2) is 31.7 Å². The van der Waals surface area contributed by atoms with Crippen LogP contribution in [0.2, 0.25) is 0 Å². The predicted octanol–water partition coefficient (Wildman–Crippen LogP) is 6.88. The maximum absolute atomic E-state index is 13.1. The first kappa shape index (κ1) is 27.6. The van der Waals surface area contributed by atoms with Gasteiger partial charge in [-0.25, -0.2) is 9.97 Å².